The van der Waals surface area contributed by atoms with Crippen LogP contribution >= 0.6 is 27.5 Å². The van der Waals surface area contributed by atoms with Crippen LogP contribution in [0.1, 0.15) is 12.5 Å². The highest BCUT2D eigenvalue weighted by atomic mass is 79.9. The smallest absolute Gasteiger partial charge is 0.264 e. The predicted molar refractivity (Wildman–Crippen MR) is 81.6 cm³/mol. The number of aryl methyl sites for hydroxylation is 1. The Labute approximate surface area is 129 Å². The van der Waals surface area contributed by atoms with Crippen LogP contribution in [-0.4, -0.2) is 14.4 Å². The number of benzene rings is 1. The molecule has 2 heterocycles. The van der Waals surface area contributed by atoms with Gasteiger partial charge < -0.3 is 4.74 Å². The summed E-state index contributed by atoms with van der Waals surface area (Å²) < 4.78 is 8.38. The Morgan fingerprint density at radius 3 is 3.05 bits per heavy atom. The first-order valence-electron chi connectivity index (χ1n) is 6.13. The third kappa shape index (κ3) is 2.51. The van der Waals surface area contributed by atoms with Gasteiger partial charge in [0.15, 0.2) is 0 Å². The summed E-state index contributed by atoms with van der Waals surface area (Å²) in [5, 5.41) is 0.744. The van der Waals surface area contributed by atoms with Crippen molar-refractivity contribution in [3.63, 3.8) is 0 Å². The molecule has 1 aromatic carbocycles. The zero-order valence-electron chi connectivity index (χ0n) is 10.7. The average Bonchev–Trinajstić information content (AvgIpc) is 2.89. The van der Waals surface area contributed by atoms with E-state index >= 15 is 0 Å². The van der Waals surface area contributed by atoms with Gasteiger partial charge in [0.2, 0.25) is 5.65 Å². The number of halogens is 2. The molecule has 0 fully saturated rings. The molecule has 0 radical (unpaired) electrons. The van der Waals surface area contributed by atoms with Gasteiger partial charge in [-0.15, -0.1) is 0 Å². The molecule has 0 N–H and O–H groups in total. The van der Waals surface area contributed by atoms with Gasteiger partial charge in [-0.2, -0.15) is 0 Å². The van der Waals surface area contributed by atoms with Gasteiger partial charge in [0, 0.05) is 23.6 Å². The lowest BCUT2D eigenvalue weighted by molar-refractivity contribution is 0.463. The van der Waals surface area contributed by atoms with Crippen LogP contribution in [0.25, 0.3) is 5.65 Å². The van der Waals surface area contributed by atoms with Crippen molar-refractivity contribution in [2.24, 2.45) is 0 Å². The highest BCUT2D eigenvalue weighted by Gasteiger charge is 2.10. The molecule has 0 unspecified atom stereocenters. The maximum atomic E-state index is 6.11. The molecule has 0 bridgehead atoms. The third-order valence-electron chi connectivity index (χ3n) is 2.93. The molecule has 102 valence electrons. The zero-order valence-corrected chi connectivity index (χ0v) is 13.0. The van der Waals surface area contributed by atoms with E-state index in [1.54, 1.807) is 6.20 Å². The normalized spacial score (nSPS) is 10.9. The van der Waals surface area contributed by atoms with Crippen LogP contribution < -0.4 is 4.74 Å². The van der Waals surface area contributed by atoms with E-state index < -0.39 is 0 Å². The van der Waals surface area contributed by atoms with Crippen molar-refractivity contribution in [2.45, 2.75) is 13.3 Å². The Balaban J connectivity index is 2.02. The van der Waals surface area contributed by atoms with E-state index in [1.165, 1.54) is 0 Å². The van der Waals surface area contributed by atoms with E-state index in [1.807, 2.05) is 35.0 Å². The molecule has 4 nitrogen and oxygen atoms in total. The SMILES string of the molecule is CCc1cc(Oc2nc(Br)cn3ccnc23)ccc1Cl. The summed E-state index contributed by atoms with van der Waals surface area (Å²) in [6.45, 7) is 2.05. The zero-order chi connectivity index (χ0) is 14.1. The number of rotatable bonds is 3. The van der Waals surface area contributed by atoms with E-state index in [0.29, 0.717) is 21.9 Å². The number of fused-ring (bicyclic) bond motifs is 1. The van der Waals surface area contributed by atoms with Crippen LogP contribution in [0.2, 0.25) is 5.02 Å². The molecule has 2 aromatic heterocycles. The molecule has 6 heteroatoms. The van der Waals surface area contributed by atoms with Crippen LogP contribution in [0, 0.1) is 0 Å². The van der Waals surface area contributed by atoms with Crippen molar-refractivity contribution in [2.75, 3.05) is 0 Å². The summed E-state index contributed by atoms with van der Waals surface area (Å²) in [6.07, 6.45) is 6.22. The first-order valence-corrected chi connectivity index (χ1v) is 7.30. The first kappa shape index (κ1) is 13.4. The Kier molecular flexibility index (Phi) is 3.63. The van der Waals surface area contributed by atoms with Crippen molar-refractivity contribution in [3.8, 4) is 11.6 Å². The molecule has 0 aliphatic rings. The molecule has 0 aliphatic carbocycles. The second kappa shape index (κ2) is 5.42. The number of hydrogen-bond donors (Lipinski definition) is 0. The summed E-state index contributed by atoms with van der Waals surface area (Å²) >= 11 is 9.47. The van der Waals surface area contributed by atoms with Crippen LogP contribution in [0.15, 0.2) is 41.4 Å². The Morgan fingerprint density at radius 2 is 2.25 bits per heavy atom. The minimum atomic E-state index is 0.453. The molecule has 0 saturated heterocycles. The van der Waals surface area contributed by atoms with Gasteiger partial charge in [-0.3, -0.25) is 4.40 Å². The predicted octanol–water partition coefficient (Wildman–Crippen LogP) is 4.50. The summed E-state index contributed by atoms with van der Waals surface area (Å²) in [7, 11) is 0. The molecule has 0 saturated carbocycles. The van der Waals surface area contributed by atoms with Crippen molar-refractivity contribution < 1.29 is 4.74 Å². The van der Waals surface area contributed by atoms with Crippen molar-refractivity contribution in [1.82, 2.24) is 14.4 Å². The highest BCUT2D eigenvalue weighted by Crippen LogP contribution is 2.28. The van der Waals surface area contributed by atoms with Gasteiger partial charge in [0.1, 0.15) is 10.4 Å². The van der Waals surface area contributed by atoms with Gasteiger partial charge >= 0.3 is 0 Å². The average molecular weight is 353 g/mol. The Hall–Kier alpha value is -1.59. The van der Waals surface area contributed by atoms with Gasteiger partial charge in [-0.25, -0.2) is 9.97 Å². The number of nitrogens with zero attached hydrogens (tertiary/aromatic N) is 3. The first-order chi connectivity index (χ1) is 9.67. The molecular formula is C14H11BrClN3O. The second-order valence-corrected chi connectivity index (χ2v) is 5.46. The minimum Gasteiger partial charge on any atom is -0.436 e. The van der Waals surface area contributed by atoms with Crippen LogP contribution in [-0.2, 0) is 6.42 Å². The quantitative estimate of drug-likeness (QED) is 0.696. The Bertz CT molecular complexity index is 772. The third-order valence-corrected chi connectivity index (χ3v) is 3.68. The summed E-state index contributed by atoms with van der Waals surface area (Å²) in [6, 6.07) is 5.57. The van der Waals surface area contributed by atoms with E-state index in [-0.39, 0.29) is 0 Å². The van der Waals surface area contributed by atoms with E-state index in [2.05, 4.69) is 32.8 Å². The number of hydrogen-bond acceptors (Lipinski definition) is 3. The van der Waals surface area contributed by atoms with Crippen molar-refractivity contribution >= 4 is 33.2 Å². The molecule has 20 heavy (non-hydrogen) atoms. The van der Waals surface area contributed by atoms with Crippen LogP contribution in [0.3, 0.4) is 0 Å². The summed E-state index contributed by atoms with van der Waals surface area (Å²) in [4.78, 5) is 8.57. The monoisotopic (exact) mass is 351 g/mol. The fourth-order valence-corrected chi connectivity index (χ4v) is 2.57. The molecule has 0 aliphatic heterocycles. The highest BCUT2D eigenvalue weighted by molar-refractivity contribution is 9.10. The topological polar surface area (TPSA) is 39.4 Å². The van der Waals surface area contributed by atoms with Gasteiger partial charge in [-0.1, -0.05) is 18.5 Å². The van der Waals surface area contributed by atoms with E-state index in [4.69, 9.17) is 16.3 Å². The fourth-order valence-electron chi connectivity index (χ4n) is 1.94. The van der Waals surface area contributed by atoms with Gasteiger partial charge in [0.25, 0.3) is 5.88 Å². The molecule has 0 atom stereocenters. The lowest BCUT2D eigenvalue weighted by Gasteiger charge is -2.08. The maximum absolute atomic E-state index is 6.11. The molecule has 3 rings (SSSR count). The van der Waals surface area contributed by atoms with Crippen molar-refractivity contribution in [1.29, 1.82) is 0 Å². The Morgan fingerprint density at radius 1 is 1.40 bits per heavy atom. The second-order valence-electron chi connectivity index (χ2n) is 4.24. The molecular weight excluding hydrogens is 342 g/mol. The van der Waals surface area contributed by atoms with E-state index in [0.717, 1.165) is 17.0 Å². The fraction of sp³-hybridized carbons (Fsp3) is 0.143. The molecule has 0 amide bonds. The number of imidazole rings is 1. The largest absolute Gasteiger partial charge is 0.436 e. The van der Waals surface area contributed by atoms with Crippen LogP contribution in [0.5, 0.6) is 11.6 Å². The van der Waals surface area contributed by atoms with Crippen molar-refractivity contribution in [3.05, 3.63) is 52.0 Å². The lowest BCUT2D eigenvalue weighted by atomic mass is 10.1. The molecule has 0 spiro atoms. The number of ether oxygens (including phenoxy) is 1. The summed E-state index contributed by atoms with van der Waals surface area (Å²) in [5.74, 6) is 1.15. The van der Waals surface area contributed by atoms with Gasteiger partial charge in [-0.05, 0) is 46.1 Å². The molecule has 3 aromatic rings. The lowest BCUT2D eigenvalue weighted by Crippen LogP contribution is -1.95. The number of aromatic nitrogens is 3. The summed E-state index contributed by atoms with van der Waals surface area (Å²) in [5.41, 5.74) is 1.71. The standard InChI is InChI=1S/C14H11BrClN3O/c1-2-9-7-10(3-4-11(9)16)20-14-13-17-5-6-19(13)8-12(15)18-14/h3-8H,2H2,1H3. The van der Waals surface area contributed by atoms with E-state index in [9.17, 15) is 0 Å². The van der Waals surface area contributed by atoms with Gasteiger partial charge in [0.05, 0.1) is 0 Å². The minimum absolute atomic E-state index is 0.453. The van der Waals surface area contributed by atoms with Crippen LogP contribution in [0.4, 0.5) is 0 Å². The maximum Gasteiger partial charge on any atom is 0.264 e.